The highest BCUT2D eigenvalue weighted by Crippen LogP contribution is 2.53. The molecular weight excluding hydrogens is 749 g/mol. The Morgan fingerprint density at radius 2 is 0.864 bits per heavy atom. The molecule has 0 amide bonds. The van der Waals surface area contributed by atoms with Crippen molar-refractivity contribution < 1.29 is 0 Å². The average molecular weight is 785 g/mol. The molecule has 13 rings (SSSR count). The first kappa shape index (κ1) is 33.4. The zero-order valence-electron chi connectivity index (χ0n) is 32.6. The minimum Gasteiger partial charge on any atom is -0.134 e. The van der Waals surface area contributed by atoms with E-state index < -0.39 is 0 Å². The molecule has 0 radical (unpaired) electrons. The third kappa shape index (κ3) is 4.65. The van der Waals surface area contributed by atoms with Crippen LogP contribution < -0.4 is 0 Å². The normalized spacial score (nSPS) is 13.4. The molecule has 0 nitrogen and oxygen atoms in total. The SMILES string of the molecule is CC1(C)c2ccc(-c3c4ccccc4c(-c4ccccc4)c4ccccc34)cc2-c2ccc(-c3ccc4c(c3)sc3c5ccccc5c5c6ccccc6sc5c43)cc21. The Kier molecular flexibility index (Phi) is 6.92. The summed E-state index contributed by atoms with van der Waals surface area (Å²) >= 11 is 3.89. The molecule has 0 atom stereocenters. The minimum atomic E-state index is -0.131. The van der Waals surface area contributed by atoms with E-state index in [4.69, 9.17) is 0 Å². The smallest absolute Gasteiger partial charge is 0.0455 e. The van der Waals surface area contributed by atoms with E-state index in [2.05, 4.69) is 196 Å². The lowest BCUT2D eigenvalue weighted by Crippen LogP contribution is -2.15. The molecular formula is C57H36S2. The van der Waals surface area contributed by atoms with Crippen molar-refractivity contribution in [3.63, 3.8) is 0 Å². The molecule has 59 heavy (non-hydrogen) atoms. The molecule has 12 aromatic rings. The Balaban J connectivity index is 0.964. The predicted octanol–water partition coefficient (Wildman–Crippen LogP) is 17.2. The van der Waals surface area contributed by atoms with E-state index in [9.17, 15) is 0 Å². The van der Waals surface area contributed by atoms with Crippen molar-refractivity contribution in [1.82, 2.24) is 0 Å². The number of benzene rings is 10. The summed E-state index contributed by atoms with van der Waals surface area (Å²) in [4.78, 5) is 0. The van der Waals surface area contributed by atoms with Gasteiger partial charge in [0.05, 0.1) is 0 Å². The lowest BCUT2D eigenvalue weighted by molar-refractivity contribution is 0.660. The van der Waals surface area contributed by atoms with Crippen LogP contribution in [0, 0.1) is 0 Å². The molecule has 0 saturated heterocycles. The Labute approximate surface area is 350 Å². The lowest BCUT2D eigenvalue weighted by Gasteiger charge is -2.22. The van der Waals surface area contributed by atoms with Crippen molar-refractivity contribution in [3.05, 3.63) is 193 Å². The van der Waals surface area contributed by atoms with Gasteiger partial charge in [-0.3, -0.25) is 0 Å². The maximum atomic E-state index is 2.47. The van der Waals surface area contributed by atoms with Crippen molar-refractivity contribution in [1.29, 1.82) is 0 Å². The van der Waals surface area contributed by atoms with E-state index >= 15 is 0 Å². The first-order valence-electron chi connectivity index (χ1n) is 20.5. The summed E-state index contributed by atoms with van der Waals surface area (Å²) in [6.45, 7) is 4.80. The van der Waals surface area contributed by atoms with Gasteiger partial charge >= 0.3 is 0 Å². The second-order valence-corrected chi connectivity index (χ2v) is 18.8. The van der Waals surface area contributed by atoms with Crippen LogP contribution in [-0.2, 0) is 5.41 Å². The zero-order valence-corrected chi connectivity index (χ0v) is 34.3. The molecule has 0 N–H and O–H groups in total. The topological polar surface area (TPSA) is 0 Å². The van der Waals surface area contributed by atoms with Gasteiger partial charge in [-0.25, -0.2) is 0 Å². The van der Waals surface area contributed by atoms with Crippen LogP contribution in [-0.4, -0.2) is 0 Å². The fraction of sp³-hybridized carbons (Fsp3) is 0.0526. The molecule has 0 unspecified atom stereocenters. The van der Waals surface area contributed by atoms with Crippen molar-refractivity contribution in [2.24, 2.45) is 0 Å². The van der Waals surface area contributed by atoms with Crippen LogP contribution in [0.15, 0.2) is 182 Å². The Morgan fingerprint density at radius 3 is 1.59 bits per heavy atom. The molecule has 0 fully saturated rings. The van der Waals surface area contributed by atoms with Crippen LogP contribution in [0.4, 0.5) is 0 Å². The zero-order chi connectivity index (χ0) is 39.0. The van der Waals surface area contributed by atoms with Crippen LogP contribution in [0.3, 0.4) is 0 Å². The fourth-order valence-electron chi connectivity index (χ4n) is 10.5. The van der Waals surface area contributed by atoms with Gasteiger partial charge in [-0.05, 0) is 107 Å². The third-order valence-electron chi connectivity index (χ3n) is 13.2. The molecule has 1 aliphatic rings. The molecule has 10 aromatic carbocycles. The van der Waals surface area contributed by atoms with Gasteiger partial charge in [0.25, 0.3) is 0 Å². The van der Waals surface area contributed by atoms with Gasteiger partial charge < -0.3 is 0 Å². The summed E-state index contributed by atoms with van der Waals surface area (Å²) in [6, 6.07) is 68.4. The molecule has 2 heteroatoms. The quantitative estimate of drug-likeness (QED) is 0.157. The van der Waals surface area contributed by atoms with Crippen molar-refractivity contribution in [2.75, 3.05) is 0 Å². The first-order valence-corrected chi connectivity index (χ1v) is 22.1. The van der Waals surface area contributed by atoms with Gasteiger partial charge in [0.15, 0.2) is 0 Å². The highest BCUT2D eigenvalue weighted by molar-refractivity contribution is 7.30. The number of hydrogen-bond acceptors (Lipinski definition) is 2. The highest BCUT2D eigenvalue weighted by Gasteiger charge is 2.36. The number of thiophene rings is 2. The number of fused-ring (bicyclic) bond motifs is 15. The molecule has 0 bridgehead atoms. The van der Waals surface area contributed by atoms with E-state index in [1.807, 2.05) is 22.7 Å². The van der Waals surface area contributed by atoms with E-state index in [-0.39, 0.29) is 5.41 Å². The van der Waals surface area contributed by atoms with Crippen molar-refractivity contribution in [3.8, 4) is 44.5 Å². The first-order chi connectivity index (χ1) is 29.0. The number of hydrogen-bond donors (Lipinski definition) is 0. The molecule has 2 aromatic heterocycles. The molecule has 0 aliphatic heterocycles. The summed E-state index contributed by atoms with van der Waals surface area (Å²) in [5, 5.41) is 13.4. The summed E-state index contributed by atoms with van der Waals surface area (Å²) in [5.41, 5.74) is 13.0. The van der Waals surface area contributed by atoms with Gasteiger partial charge in [0, 0.05) is 51.1 Å². The summed E-state index contributed by atoms with van der Waals surface area (Å²) in [5.74, 6) is 0. The summed E-state index contributed by atoms with van der Waals surface area (Å²) in [6.07, 6.45) is 0. The standard InChI is InChI=1S/C57H36S2/c1-57(2)47-29-26-36(52-40-18-8-6-16-38(40)51(33-14-4-3-5-15-33)39-17-7-9-19-41(39)52)30-46(47)37-27-24-34(31-48(37)57)35-25-28-45-50(32-35)59-55-43-21-11-10-20-42(43)53-44-22-12-13-23-49(44)58-56(53)54(45)55/h3-32H,1-2H3. The van der Waals surface area contributed by atoms with Crippen LogP contribution in [0.25, 0.3) is 117 Å². The summed E-state index contributed by atoms with van der Waals surface area (Å²) < 4.78 is 5.50. The number of rotatable bonds is 3. The molecule has 0 saturated carbocycles. The van der Waals surface area contributed by atoms with Gasteiger partial charge in [-0.2, -0.15) is 0 Å². The van der Waals surface area contributed by atoms with Gasteiger partial charge in [-0.15, -0.1) is 22.7 Å². The highest BCUT2D eigenvalue weighted by atomic mass is 32.1. The maximum Gasteiger partial charge on any atom is 0.0455 e. The Hall–Kier alpha value is -6.58. The largest absolute Gasteiger partial charge is 0.134 e. The van der Waals surface area contributed by atoms with Gasteiger partial charge in [0.1, 0.15) is 0 Å². The van der Waals surface area contributed by atoms with Gasteiger partial charge in [-0.1, -0.05) is 172 Å². The van der Waals surface area contributed by atoms with E-state index in [0.717, 1.165) is 0 Å². The Bertz CT molecular complexity index is 3690. The minimum absolute atomic E-state index is 0.131. The maximum absolute atomic E-state index is 2.47. The van der Waals surface area contributed by atoms with Crippen LogP contribution in [0.2, 0.25) is 0 Å². The van der Waals surface area contributed by atoms with Crippen LogP contribution in [0.1, 0.15) is 25.0 Å². The van der Waals surface area contributed by atoms with Crippen molar-refractivity contribution >= 4 is 95.3 Å². The van der Waals surface area contributed by atoms with E-state index in [1.54, 1.807) is 0 Å². The molecule has 2 heterocycles. The molecule has 1 aliphatic carbocycles. The lowest BCUT2D eigenvalue weighted by atomic mass is 9.81. The van der Waals surface area contributed by atoms with Crippen LogP contribution >= 0.6 is 22.7 Å². The van der Waals surface area contributed by atoms with Crippen LogP contribution in [0.5, 0.6) is 0 Å². The Morgan fingerprint density at radius 1 is 0.322 bits per heavy atom. The monoisotopic (exact) mass is 784 g/mol. The second kappa shape index (κ2) is 12.2. The summed E-state index contributed by atoms with van der Waals surface area (Å²) in [7, 11) is 0. The van der Waals surface area contributed by atoms with E-state index in [1.165, 1.54) is 128 Å². The average Bonchev–Trinajstić information content (AvgIpc) is 3.93. The van der Waals surface area contributed by atoms with E-state index in [0.29, 0.717) is 0 Å². The fourth-order valence-corrected chi connectivity index (χ4v) is 13.2. The predicted molar refractivity (Wildman–Crippen MR) is 259 cm³/mol. The van der Waals surface area contributed by atoms with Gasteiger partial charge in [0.2, 0.25) is 0 Å². The third-order valence-corrected chi connectivity index (χ3v) is 15.6. The molecule has 0 spiro atoms. The molecule has 276 valence electrons. The second-order valence-electron chi connectivity index (χ2n) is 16.7. The van der Waals surface area contributed by atoms with Crippen molar-refractivity contribution in [2.45, 2.75) is 19.3 Å².